The Bertz CT molecular complexity index is 540. The summed E-state index contributed by atoms with van der Waals surface area (Å²) in [6, 6.07) is 3.51. The third-order valence-corrected chi connectivity index (χ3v) is 2.46. The van der Waals surface area contributed by atoms with Crippen LogP contribution in [0.2, 0.25) is 0 Å². The Balaban J connectivity index is 2.00. The van der Waals surface area contributed by atoms with E-state index in [0.717, 1.165) is 5.69 Å². The van der Waals surface area contributed by atoms with Gasteiger partial charge in [0.15, 0.2) is 0 Å². The van der Waals surface area contributed by atoms with E-state index < -0.39 is 0 Å². The molecule has 1 amide bonds. The van der Waals surface area contributed by atoms with E-state index in [0.29, 0.717) is 17.9 Å². The molecule has 0 aliphatic rings. The fourth-order valence-electron chi connectivity index (χ4n) is 1.63. The maximum absolute atomic E-state index is 11.8. The van der Waals surface area contributed by atoms with E-state index in [2.05, 4.69) is 10.4 Å². The molecule has 0 bridgehead atoms. The number of amides is 1. The van der Waals surface area contributed by atoms with Crippen molar-refractivity contribution in [2.45, 2.75) is 6.54 Å². The van der Waals surface area contributed by atoms with Crippen LogP contribution in [0.5, 0.6) is 0 Å². The van der Waals surface area contributed by atoms with Crippen LogP contribution in [0.1, 0.15) is 16.2 Å². The topological polar surface area (TPSA) is 77.9 Å². The molecule has 0 aliphatic heterocycles. The molecule has 6 heteroatoms. The molecule has 2 aromatic rings. The smallest absolute Gasteiger partial charge is 0.268 e. The maximum Gasteiger partial charge on any atom is 0.268 e. The van der Waals surface area contributed by atoms with Gasteiger partial charge in [0.05, 0.1) is 17.9 Å². The summed E-state index contributed by atoms with van der Waals surface area (Å²) in [4.78, 5) is 11.8. The van der Waals surface area contributed by atoms with Gasteiger partial charge in [-0.3, -0.25) is 9.48 Å². The molecule has 0 radical (unpaired) electrons. The largest absolute Gasteiger partial charge is 0.397 e. The molecule has 0 atom stereocenters. The minimum Gasteiger partial charge on any atom is -0.397 e. The molecule has 0 fully saturated rings. The molecule has 2 aromatic heterocycles. The number of aromatic nitrogens is 3. The van der Waals surface area contributed by atoms with Gasteiger partial charge < -0.3 is 15.6 Å². The Labute approximate surface area is 99.0 Å². The number of rotatable bonds is 3. The summed E-state index contributed by atoms with van der Waals surface area (Å²) in [5.41, 5.74) is 7.55. The van der Waals surface area contributed by atoms with Crippen molar-refractivity contribution in [2.24, 2.45) is 14.1 Å². The fraction of sp³-hybridized carbons (Fsp3) is 0.273. The summed E-state index contributed by atoms with van der Waals surface area (Å²) >= 11 is 0. The number of anilines is 1. The summed E-state index contributed by atoms with van der Waals surface area (Å²) < 4.78 is 3.39. The van der Waals surface area contributed by atoms with Crippen molar-refractivity contribution >= 4 is 11.6 Å². The highest BCUT2D eigenvalue weighted by Gasteiger charge is 2.10. The molecule has 3 N–H and O–H groups in total. The number of carbonyl (C=O) groups is 1. The van der Waals surface area contributed by atoms with Gasteiger partial charge in [0.2, 0.25) is 0 Å². The average molecular weight is 233 g/mol. The molecule has 0 saturated heterocycles. The Morgan fingerprint density at radius 2 is 2.29 bits per heavy atom. The molecule has 90 valence electrons. The van der Waals surface area contributed by atoms with Gasteiger partial charge in [0, 0.05) is 26.5 Å². The maximum atomic E-state index is 11.8. The highest BCUT2D eigenvalue weighted by molar-refractivity contribution is 5.93. The van der Waals surface area contributed by atoms with Crippen molar-refractivity contribution < 1.29 is 4.79 Å². The highest BCUT2D eigenvalue weighted by atomic mass is 16.1. The number of carbonyl (C=O) groups excluding carboxylic acids is 1. The van der Waals surface area contributed by atoms with E-state index in [1.807, 2.05) is 19.3 Å². The third-order valence-electron chi connectivity index (χ3n) is 2.46. The lowest BCUT2D eigenvalue weighted by atomic mass is 10.3. The zero-order valence-corrected chi connectivity index (χ0v) is 9.84. The number of nitrogen functional groups attached to an aromatic ring is 1. The van der Waals surface area contributed by atoms with Crippen molar-refractivity contribution in [2.75, 3.05) is 5.73 Å². The second-order valence-electron chi connectivity index (χ2n) is 3.93. The van der Waals surface area contributed by atoms with E-state index in [9.17, 15) is 4.79 Å². The first-order valence-electron chi connectivity index (χ1n) is 5.25. The van der Waals surface area contributed by atoms with Gasteiger partial charge in [-0.25, -0.2) is 0 Å². The Hall–Kier alpha value is -2.24. The lowest BCUT2D eigenvalue weighted by molar-refractivity contribution is 0.0942. The van der Waals surface area contributed by atoms with Gasteiger partial charge in [-0.1, -0.05) is 0 Å². The molecule has 6 nitrogen and oxygen atoms in total. The van der Waals surface area contributed by atoms with E-state index in [1.54, 1.807) is 28.6 Å². The standard InChI is InChI=1S/C11H15N5O/c1-15-7-8(12)5-10(15)11(17)13-6-9-3-4-16(2)14-9/h3-5,7H,6,12H2,1-2H3,(H,13,17). The molecular weight excluding hydrogens is 218 g/mol. The summed E-state index contributed by atoms with van der Waals surface area (Å²) in [5.74, 6) is -0.158. The average Bonchev–Trinajstić information content (AvgIpc) is 2.81. The van der Waals surface area contributed by atoms with Gasteiger partial charge in [0.1, 0.15) is 5.69 Å². The normalized spacial score (nSPS) is 10.5. The van der Waals surface area contributed by atoms with Crippen LogP contribution in [0.25, 0.3) is 0 Å². The van der Waals surface area contributed by atoms with Crippen molar-refractivity contribution in [3.05, 3.63) is 35.9 Å². The summed E-state index contributed by atoms with van der Waals surface area (Å²) in [6.07, 6.45) is 3.54. The molecule has 0 saturated carbocycles. The molecule has 2 heterocycles. The monoisotopic (exact) mass is 233 g/mol. The van der Waals surface area contributed by atoms with E-state index in [1.165, 1.54) is 0 Å². The van der Waals surface area contributed by atoms with Gasteiger partial charge in [0.25, 0.3) is 5.91 Å². The number of nitrogens with two attached hydrogens (primary N) is 1. The number of hydrogen-bond donors (Lipinski definition) is 2. The highest BCUT2D eigenvalue weighted by Crippen LogP contribution is 2.08. The third kappa shape index (κ3) is 2.47. The first-order valence-corrected chi connectivity index (χ1v) is 5.25. The molecule has 0 aliphatic carbocycles. The number of nitrogens with zero attached hydrogens (tertiary/aromatic N) is 3. The molecule has 0 spiro atoms. The van der Waals surface area contributed by atoms with Gasteiger partial charge in [-0.2, -0.15) is 5.10 Å². The fourth-order valence-corrected chi connectivity index (χ4v) is 1.63. The van der Waals surface area contributed by atoms with Crippen molar-refractivity contribution in [1.82, 2.24) is 19.7 Å². The van der Waals surface area contributed by atoms with Crippen LogP contribution in [-0.2, 0) is 20.6 Å². The molecular formula is C11H15N5O. The SMILES string of the molecule is Cn1ccc(CNC(=O)c2cc(N)cn2C)n1. The number of aryl methyl sites for hydroxylation is 2. The quantitative estimate of drug-likeness (QED) is 0.798. The predicted molar refractivity (Wildman–Crippen MR) is 64.2 cm³/mol. The van der Waals surface area contributed by atoms with Crippen LogP contribution in [0.15, 0.2) is 24.5 Å². The Morgan fingerprint density at radius 3 is 2.82 bits per heavy atom. The predicted octanol–water partition coefficient (Wildman–Crippen LogP) is 0.271. The summed E-state index contributed by atoms with van der Waals surface area (Å²) in [6.45, 7) is 0.407. The second-order valence-corrected chi connectivity index (χ2v) is 3.93. The van der Waals surface area contributed by atoms with Crippen LogP contribution in [0.3, 0.4) is 0 Å². The minimum atomic E-state index is -0.158. The molecule has 0 unspecified atom stereocenters. The van der Waals surface area contributed by atoms with Gasteiger partial charge in [-0.05, 0) is 12.1 Å². The molecule has 0 aromatic carbocycles. The molecule has 2 rings (SSSR count). The Kier molecular flexibility index (Phi) is 2.86. The lowest BCUT2D eigenvalue weighted by Crippen LogP contribution is -2.25. The van der Waals surface area contributed by atoms with Crippen LogP contribution < -0.4 is 11.1 Å². The van der Waals surface area contributed by atoms with E-state index >= 15 is 0 Å². The van der Waals surface area contributed by atoms with Crippen LogP contribution >= 0.6 is 0 Å². The summed E-state index contributed by atoms with van der Waals surface area (Å²) in [7, 11) is 3.62. The zero-order chi connectivity index (χ0) is 12.4. The first-order chi connectivity index (χ1) is 8.06. The van der Waals surface area contributed by atoms with Crippen LogP contribution in [0.4, 0.5) is 5.69 Å². The van der Waals surface area contributed by atoms with Crippen molar-refractivity contribution in [3.63, 3.8) is 0 Å². The minimum absolute atomic E-state index is 0.158. The van der Waals surface area contributed by atoms with Crippen LogP contribution in [-0.4, -0.2) is 20.3 Å². The number of nitrogens with one attached hydrogen (secondary N) is 1. The zero-order valence-electron chi connectivity index (χ0n) is 9.84. The Morgan fingerprint density at radius 1 is 1.53 bits per heavy atom. The van der Waals surface area contributed by atoms with Gasteiger partial charge >= 0.3 is 0 Å². The number of hydrogen-bond acceptors (Lipinski definition) is 3. The second kappa shape index (κ2) is 4.32. The summed E-state index contributed by atoms with van der Waals surface area (Å²) in [5, 5.41) is 6.97. The van der Waals surface area contributed by atoms with Gasteiger partial charge in [-0.15, -0.1) is 0 Å². The van der Waals surface area contributed by atoms with Crippen molar-refractivity contribution in [1.29, 1.82) is 0 Å². The lowest BCUT2D eigenvalue weighted by Gasteiger charge is -2.03. The van der Waals surface area contributed by atoms with E-state index in [4.69, 9.17) is 5.73 Å². The van der Waals surface area contributed by atoms with Crippen LogP contribution in [0, 0.1) is 0 Å². The van der Waals surface area contributed by atoms with Crippen molar-refractivity contribution in [3.8, 4) is 0 Å². The van der Waals surface area contributed by atoms with E-state index in [-0.39, 0.29) is 5.91 Å². The first kappa shape index (κ1) is 11.3. The molecule has 17 heavy (non-hydrogen) atoms.